The van der Waals surface area contributed by atoms with Gasteiger partial charge in [-0.15, -0.1) is 0 Å². The molecule has 1 amide bonds. The summed E-state index contributed by atoms with van der Waals surface area (Å²) >= 11 is 0. The van der Waals surface area contributed by atoms with Gasteiger partial charge < -0.3 is 80.9 Å². The van der Waals surface area contributed by atoms with Crippen LogP contribution in [0.4, 0.5) is 17.8 Å². The zero-order valence-corrected chi connectivity index (χ0v) is 44.2. The fraction of sp³-hybridized carbons (Fsp3) is 0.543. The molecule has 3 saturated heterocycles. The number of rotatable bonds is 20. The first-order chi connectivity index (χ1) is 37.0. The van der Waals surface area contributed by atoms with Crippen LogP contribution in [0.3, 0.4) is 0 Å². The van der Waals surface area contributed by atoms with Crippen molar-refractivity contribution in [2.24, 2.45) is 13.0 Å². The Balaban J connectivity index is 0.901. The van der Waals surface area contributed by atoms with Crippen LogP contribution >= 0.6 is 31.1 Å². The first-order valence-corrected chi connectivity index (χ1v) is 28.8. The van der Waals surface area contributed by atoms with Crippen LogP contribution in [0.15, 0.2) is 33.4 Å². The van der Waals surface area contributed by atoms with E-state index in [1.807, 2.05) is 0 Å². The molecule has 9 heterocycles. The number of aromatic amines is 3. The number of aliphatic hydroxyl groups is 3. The number of imidazole rings is 3. The van der Waals surface area contributed by atoms with Gasteiger partial charge in [-0.2, -0.15) is 18.6 Å². The molecule has 5 unspecified atom stereocenters. The van der Waals surface area contributed by atoms with Gasteiger partial charge in [0.2, 0.25) is 29.5 Å². The number of aromatic nitrogens is 12. The highest BCUT2D eigenvalue weighted by Crippen LogP contribution is 2.68. The summed E-state index contributed by atoms with van der Waals surface area (Å²) < 4.78 is 106. The number of nitrogen functional groups attached to an aromatic ring is 3. The molecule has 0 aromatic carbocycles. The van der Waals surface area contributed by atoms with Crippen molar-refractivity contribution in [3.05, 3.63) is 50.0 Å². The molecule has 0 bridgehead atoms. The number of methoxy groups -OCH3 is 1. The largest absolute Gasteiger partial charge is 0.490 e. The molecule has 0 saturated carbocycles. The van der Waals surface area contributed by atoms with Gasteiger partial charge in [0.05, 0.1) is 45.6 Å². The highest BCUT2D eigenvalue weighted by Gasteiger charge is 2.58. The van der Waals surface area contributed by atoms with Crippen LogP contribution in [0.2, 0.25) is 0 Å². The van der Waals surface area contributed by atoms with Crippen molar-refractivity contribution in [3.63, 3.8) is 0 Å². The third-order valence-electron chi connectivity index (χ3n) is 12.6. The smallest absolute Gasteiger partial charge is 0.387 e. The molecule has 44 heteroatoms. The second-order valence-electron chi connectivity index (χ2n) is 17.8. The van der Waals surface area contributed by atoms with Gasteiger partial charge in [0, 0.05) is 26.5 Å². The number of nitrogens with one attached hydrogen (secondary N) is 4. The number of phosphoric ester groups is 2. The summed E-state index contributed by atoms with van der Waals surface area (Å²) in [6, 6.07) is 0. The monoisotopic (exact) mass is 1200 g/mol. The van der Waals surface area contributed by atoms with Gasteiger partial charge in [-0.1, -0.05) is 4.98 Å². The quantitative estimate of drug-likeness (QED) is 0.0251. The minimum atomic E-state index is -6.27. The molecule has 3 fully saturated rings. The number of nitrogens with zero attached hydrogens (tertiary/aromatic N) is 9. The minimum absolute atomic E-state index is 0.0100. The normalized spacial score (nSPS) is 29.4. The van der Waals surface area contributed by atoms with E-state index in [0.29, 0.717) is 0 Å². The Kier molecular flexibility index (Phi) is 15.8. The van der Waals surface area contributed by atoms with Crippen molar-refractivity contribution in [3.8, 4) is 0 Å². The van der Waals surface area contributed by atoms with Crippen molar-refractivity contribution in [1.82, 2.24) is 58.9 Å². The Bertz CT molecular complexity index is 3720. The van der Waals surface area contributed by atoms with Crippen LogP contribution in [0.5, 0.6) is 0 Å². The highest BCUT2D eigenvalue weighted by molar-refractivity contribution is 7.66. The molecule has 79 heavy (non-hydrogen) atoms. The Morgan fingerprint density at radius 2 is 1.24 bits per heavy atom. The number of ether oxygens (including phenoxy) is 4. The molecule has 6 aromatic rings. The molecular weight excluding hydrogens is 1150 g/mol. The summed E-state index contributed by atoms with van der Waals surface area (Å²) in [6.45, 7) is -2.63. The number of aryl methyl sites for hydroxylation is 1. The predicted molar refractivity (Wildman–Crippen MR) is 257 cm³/mol. The molecule has 17 N–H and O–H groups in total. The standard InChI is InChI=1S/C35H48N16O24P4/c1-11(52)39-4-12-13(71-30(19(12)53)51-10-48(2)18-26(51)44-35(38)47-29(18)58)5-69-77(61,62)74-79(65,66)75-78(63,64)70-7-15-23(22(67-3)32(73-15)50-9-41-17-25(50)43-34(37)46-28(17)57)76(59,60)68-6-14-20(54)21(55)31(72-14)49-8-40-16-24(49)42-33(36)45-27(16)56/h8-10,12-15,19-23,30-32,53-55H,4-7H2,1-3H3,(H13-,36,37,38,39,42,43,44,45,46,47,52,56,57,58,59,60,61,62,63,64,65,66)/p+1/t12-,13-,14-,15-,19-,20-,21-,22-,23-,30?,31-,32-/m1/s1. The van der Waals surface area contributed by atoms with Crippen molar-refractivity contribution >= 4 is 88.3 Å². The molecule has 16 atom stereocenters. The number of fused-ring (bicyclic) bond motifs is 3. The molecule has 432 valence electrons. The Labute approximate surface area is 437 Å². The van der Waals surface area contributed by atoms with Crippen molar-refractivity contribution in [2.45, 2.75) is 74.0 Å². The molecule has 0 radical (unpaired) electrons. The lowest BCUT2D eigenvalue weighted by molar-refractivity contribution is -0.745. The number of H-pyrrole nitrogens is 3. The Morgan fingerprint density at radius 1 is 0.722 bits per heavy atom. The van der Waals surface area contributed by atoms with Gasteiger partial charge in [-0.05, 0) is 0 Å². The summed E-state index contributed by atoms with van der Waals surface area (Å²) in [7, 11) is -21.1. The zero-order chi connectivity index (χ0) is 57.4. The molecule has 0 aliphatic carbocycles. The SMILES string of the molecule is CO[C@@H]1[C@H](P(=O)(O)OC[C@H]2O[C@@H](n3cnc4c(=O)[nH]c(N)nc43)[C@H](O)[C@@H]2O)[C@@H](COP(=O)(O)OP(=O)(O)OP(=O)(O)OC[C@H]2OC([n+]3cn(C)c4c(=O)[nH]c(N)nc43)[C@H](O)[C@@H]2CNC(C)=O)O[C@H]1n1cnc2c(=O)[nH]c(N)nc21. The summed E-state index contributed by atoms with van der Waals surface area (Å²) in [5, 5.41) is 35.8. The first kappa shape index (κ1) is 57.9. The third-order valence-corrected chi connectivity index (χ3v) is 18.7. The van der Waals surface area contributed by atoms with Crippen LogP contribution in [0, 0.1) is 5.92 Å². The van der Waals surface area contributed by atoms with E-state index in [0.717, 1.165) is 35.8 Å². The predicted octanol–water partition coefficient (Wildman–Crippen LogP) is -4.96. The van der Waals surface area contributed by atoms with E-state index >= 15 is 0 Å². The fourth-order valence-corrected chi connectivity index (χ4v) is 14.4. The molecule has 6 aromatic heterocycles. The van der Waals surface area contributed by atoms with Crippen LogP contribution in [-0.2, 0) is 71.2 Å². The van der Waals surface area contributed by atoms with Gasteiger partial charge in [0.15, 0.2) is 41.1 Å². The van der Waals surface area contributed by atoms with E-state index in [1.165, 1.54) is 22.5 Å². The summed E-state index contributed by atoms with van der Waals surface area (Å²) in [4.78, 5) is 120. The lowest BCUT2D eigenvalue weighted by Gasteiger charge is -2.28. The van der Waals surface area contributed by atoms with Crippen LogP contribution in [0.1, 0.15) is 25.6 Å². The van der Waals surface area contributed by atoms with E-state index in [4.69, 9.17) is 49.7 Å². The molecule has 0 spiro atoms. The zero-order valence-electron chi connectivity index (χ0n) is 40.6. The van der Waals surface area contributed by atoms with Crippen molar-refractivity contribution in [2.75, 3.05) is 50.7 Å². The second kappa shape index (κ2) is 21.6. The van der Waals surface area contributed by atoms with Crippen molar-refractivity contribution < 1.29 is 104 Å². The minimum Gasteiger partial charge on any atom is -0.387 e. The summed E-state index contributed by atoms with van der Waals surface area (Å²) in [6.07, 6.45) is -13.3. The molecule has 3 aliphatic rings. The van der Waals surface area contributed by atoms with Gasteiger partial charge in [0.25, 0.3) is 22.6 Å². The number of hydrogen-bond donors (Lipinski definition) is 14. The van der Waals surface area contributed by atoms with Crippen LogP contribution in [-0.4, -0.2) is 176 Å². The first-order valence-electron chi connectivity index (χ1n) is 22.6. The number of nitrogens with two attached hydrogens (primary N) is 3. The highest BCUT2D eigenvalue weighted by atomic mass is 31.3. The number of aliphatic hydroxyl groups excluding tert-OH is 3. The molecular formula is C35H49N16O24P4+. The number of anilines is 3. The van der Waals surface area contributed by atoms with E-state index < -0.39 is 152 Å². The number of phosphoric acid groups is 3. The molecule has 3 aliphatic heterocycles. The van der Waals surface area contributed by atoms with Gasteiger partial charge in [-0.3, -0.25) is 61.4 Å². The summed E-state index contributed by atoms with van der Waals surface area (Å²) in [5.74, 6) is -2.80. The van der Waals surface area contributed by atoms with Crippen LogP contribution in [0.25, 0.3) is 33.5 Å². The molecule has 40 nitrogen and oxygen atoms in total. The van der Waals surface area contributed by atoms with E-state index in [9.17, 15) is 72.3 Å². The van der Waals surface area contributed by atoms with E-state index in [-0.39, 0.29) is 51.9 Å². The Hall–Kier alpha value is -5.80. The number of amides is 1. The Morgan fingerprint density at radius 3 is 1.81 bits per heavy atom. The lowest BCUT2D eigenvalue weighted by atomic mass is 9.98. The van der Waals surface area contributed by atoms with Crippen LogP contribution < -0.4 is 43.8 Å². The molecule has 9 rings (SSSR count). The average molecular weight is 1200 g/mol. The number of hydrogen-bond acceptors (Lipinski definition) is 28. The van der Waals surface area contributed by atoms with Gasteiger partial charge in [-0.25, -0.2) is 28.2 Å². The van der Waals surface area contributed by atoms with E-state index in [2.05, 4.69) is 53.8 Å². The lowest BCUT2D eigenvalue weighted by Crippen LogP contribution is -2.46. The topological polar surface area (TPSA) is 582 Å². The number of carbonyl (C=O) groups is 1. The third kappa shape index (κ3) is 11.6. The number of carbonyl (C=O) groups excluding carboxylic acids is 1. The van der Waals surface area contributed by atoms with Gasteiger partial charge in [0.1, 0.15) is 42.3 Å². The maximum absolute atomic E-state index is 14.4. The summed E-state index contributed by atoms with van der Waals surface area (Å²) in [5.41, 5.74) is 11.8. The fourth-order valence-electron chi connectivity index (χ4n) is 9.16. The van der Waals surface area contributed by atoms with E-state index in [1.54, 1.807) is 0 Å². The second-order valence-corrected chi connectivity index (χ2v) is 24.4. The van der Waals surface area contributed by atoms with Gasteiger partial charge >= 0.3 is 36.7 Å². The average Bonchev–Trinajstić information content (AvgIpc) is 4.40. The van der Waals surface area contributed by atoms with Crippen molar-refractivity contribution in [1.29, 1.82) is 0 Å². The maximum atomic E-state index is 14.4. The maximum Gasteiger partial charge on any atom is 0.490 e.